The quantitative estimate of drug-likeness (QED) is 0.557. The average molecular weight is 216 g/mol. The van der Waals surface area contributed by atoms with Crippen molar-refractivity contribution in [3.8, 4) is 10.8 Å². The molecule has 1 amide bonds. The second-order valence-corrected chi connectivity index (χ2v) is 3.26. The maximum absolute atomic E-state index is 11.1. The smallest absolute Gasteiger partial charge is 0.299 e. The third kappa shape index (κ3) is 2.23. The molecular weight excluding hydrogens is 206 g/mol. The van der Waals surface area contributed by atoms with Gasteiger partial charge in [0.25, 0.3) is 5.91 Å². The predicted octanol–water partition coefficient (Wildman–Crippen LogP) is 1.21. The highest BCUT2D eigenvalue weighted by atomic mass is 79.9. The number of rotatable bonds is 0. The summed E-state index contributed by atoms with van der Waals surface area (Å²) >= 11 is 2.90. The van der Waals surface area contributed by atoms with E-state index in [-0.39, 0.29) is 5.91 Å². The predicted molar refractivity (Wildman–Crippen MR) is 47.1 cm³/mol. The van der Waals surface area contributed by atoms with Crippen LogP contribution in [0.15, 0.2) is 0 Å². The normalized spacial score (nSPS) is 22.7. The fourth-order valence-corrected chi connectivity index (χ4v) is 1.41. The summed E-state index contributed by atoms with van der Waals surface area (Å²) in [6.45, 7) is 3.87. The molecule has 1 heterocycles. The van der Waals surface area contributed by atoms with Gasteiger partial charge in [-0.3, -0.25) is 4.79 Å². The van der Waals surface area contributed by atoms with E-state index < -0.39 is 0 Å². The summed E-state index contributed by atoms with van der Waals surface area (Å²) in [5.41, 5.74) is 0. The molecule has 0 saturated carbocycles. The lowest BCUT2D eigenvalue weighted by Gasteiger charge is -2.10. The summed E-state index contributed by atoms with van der Waals surface area (Å²) in [6.07, 6.45) is 1.11. The first-order valence-electron chi connectivity index (χ1n) is 3.64. The molecule has 1 aliphatic heterocycles. The van der Waals surface area contributed by atoms with Crippen molar-refractivity contribution in [1.82, 2.24) is 4.90 Å². The fourth-order valence-electron chi connectivity index (χ4n) is 1.24. The number of amides is 1. The molecule has 1 unspecified atom stereocenters. The van der Waals surface area contributed by atoms with Crippen molar-refractivity contribution in [1.29, 1.82) is 0 Å². The molecule has 1 aliphatic rings. The number of halogens is 1. The molecule has 0 aromatic carbocycles. The lowest BCUT2D eigenvalue weighted by molar-refractivity contribution is -0.124. The van der Waals surface area contributed by atoms with Crippen LogP contribution in [0.1, 0.15) is 13.3 Å². The number of hydrogen-bond donors (Lipinski definition) is 0. The molecule has 11 heavy (non-hydrogen) atoms. The van der Waals surface area contributed by atoms with E-state index in [0.717, 1.165) is 19.5 Å². The summed E-state index contributed by atoms with van der Waals surface area (Å²) in [5, 5.41) is 0. The Hall–Kier alpha value is -0.490. The van der Waals surface area contributed by atoms with Gasteiger partial charge in [0.2, 0.25) is 0 Å². The molecule has 1 atom stereocenters. The van der Waals surface area contributed by atoms with Gasteiger partial charge in [-0.05, 0) is 17.2 Å². The van der Waals surface area contributed by atoms with Crippen LogP contribution in [0.3, 0.4) is 0 Å². The average Bonchev–Trinajstić information content (AvgIpc) is 2.36. The van der Waals surface area contributed by atoms with E-state index in [2.05, 4.69) is 33.6 Å². The van der Waals surface area contributed by atoms with E-state index in [1.807, 2.05) is 0 Å². The minimum absolute atomic E-state index is 0.0637. The third-order valence-electron chi connectivity index (χ3n) is 1.87. The Labute approximate surface area is 75.1 Å². The highest BCUT2D eigenvalue weighted by molar-refractivity contribution is 9.12. The monoisotopic (exact) mass is 215 g/mol. The molecule has 0 spiro atoms. The summed E-state index contributed by atoms with van der Waals surface area (Å²) < 4.78 is 0. The molecule has 1 rings (SSSR count). The maximum Gasteiger partial charge on any atom is 0.299 e. The second kappa shape index (κ2) is 3.77. The van der Waals surface area contributed by atoms with Gasteiger partial charge in [0.05, 0.1) is 0 Å². The Morgan fingerprint density at radius 3 is 2.91 bits per heavy atom. The van der Waals surface area contributed by atoms with Crippen LogP contribution in [-0.4, -0.2) is 23.9 Å². The minimum Gasteiger partial charge on any atom is -0.332 e. The van der Waals surface area contributed by atoms with E-state index in [0.29, 0.717) is 5.92 Å². The zero-order chi connectivity index (χ0) is 8.27. The molecule has 3 heteroatoms. The van der Waals surface area contributed by atoms with Gasteiger partial charge in [-0.2, -0.15) is 0 Å². The van der Waals surface area contributed by atoms with Gasteiger partial charge in [-0.1, -0.05) is 6.92 Å². The van der Waals surface area contributed by atoms with Crippen molar-refractivity contribution in [2.45, 2.75) is 13.3 Å². The minimum atomic E-state index is -0.0637. The molecule has 0 radical (unpaired) electrons. The van der Waals surface area contributed by atoms with Crippen LogP contribution in [0.4, 0.5) is 0 Å². The molecule has 1 saturated heterocycles. The van der Waals surface area contributed by atoms with Gasteiger partial charge in [0.15, 0.2) is 0 Å². The van der Waals surface area contributed by atoms with Crippen LogP contribution >= 0.6 is 15.9 Å². The van der Waals surface area contributed by atoms with Crippen molar-refractivity contribution in [3.05, 3.63) is 0 Å². The molecule has 2 nitrogen and oxygen atoms in total. The summed E-state index contributed by atoms with van der Waals surface area (Å²) in [5.74, 6) is 3.03. The van der Waals surface area contributed by atoms with Crippen LogP contribution < -0.4 is 0 Å². The van der Waals surface area contributed by atoms with E-state index >= 15 is 0 Å². The van der Waals surface area contributed by atoms with Crippen molar-refractivity contribution in [3.63, 3.8) is 0 Å². The summed E-state index contributed by atoms with van der Waals surface area (Å²) in [4.78, 5) is 15.3. The number of likely N-dealkylation sites (tertiary alicyclic amines) is 1. The Morgan fingerprint density at radius 2 is 2.45 bits per heavy atom. The van der Waals surface area contributed by atoms with Gasteiger partial charge < -0.3 is 4.90 Å². The zero-order valence-corrected chi connectivity index (χ0v) is 8.02. The van der Waals surface area contributed by atoms with Gasteiger partial charge in [0.1, 0.15) is 0 Å². The van der Waals surface area contributed by atoms with Gasteiger partial charge in [-0.25, -0.2) is 0 Å². The standard InChI is InChI=1S/C8H10BrNO/c1-7-3-5-10(6-7)8(11)2-4-9/h7H,3,5-6H2,1H3. The molecule has 1 fully saturated rings. The van der Waals surface area contributed by atoms with Crippen LogP contribution in [-0.2, 0) is 4.79 Å². The third-order valence-corrected chi connectivity index (χ3v) is 2.06. The first-order valence-corrected chi connectivity index (χ1v) is 4.44. The Kier molecular flexibility index (Phi) is 2.95. The largest absolute Gasteiger partial charge is 0.332 e. The van der Waals surface area contributed by atoms with Crippen molar-refractivity contribution >= 4 is 21.8 Å². The number of carbonyl (C=O) groups excluding carboxylic acids is 1. The molecular formula is C8H10BrNO. The second-order valence-electron chi connectivity index (χ2n) is 2.86. The van der Waals surface area contributed by atoms with Gasteiger partial charge in [0, 0.05) is 34.9 Å². The molecule has 60 valence electrons. The highest BCUT2D eigenvalue weighted by Gasteiger charge is 2.21. The first-order chi connectivity index (χ1) is 5.24. The highest BCUT2D eigenvalue weighted by Crippen LogP contribution is 2.14. The lowest BCUT2D eigenvalue weighted by Crippen LogP contribution is -2.26. The zero-order valence-electron chi connectivity index (χ0n) is 6.43. The van der Waals surface area contributed by atoms with Crippen molar-refractivity contribution in [2.75, 3.05) is 13.1 Å². The first kappa shape index (κ1) is 8.61. The molecule has 0 bridgehead atoms. The lowest BCUT2D eigenvalue weighted by atomic mass is 10.2. The Bertz CT molecular complexity index is 216. The Balaban J connectivity index is 2.47. The molecule has 0 N–H and O–H groups in total. The van der Waals surface area contributed by atoms with E-state index in [9.17, 15) is 4.79 Å². The van der Waals surface area contributed by atoms with Crippen LogP contribution in [0.5, 0.6) is 0 Å². The number of hydrogen-bond acceptors (Lipinski definition) is 1. The Morgan fingerprint density at radius 1 is 1.73 bits per heavy atom. The summed E-state index contributed by atoms with van der Waals surface area (Å²) in [6, 6.07) is 0. The fraction of sp³-hybridized carbons (Fsp3) is 0.625. The maximum atomic E-state index is 11.1. The number of carbonyl (C=O) groups is 1. The summed E-state index contributed by atoms with van der Waals surface area (Å²) in [7, 11) is 0. The number of nitrogens with zero attached hydrogens (tertiary/aromatic N) is 1. The van der Waals surface area contributed by atoms with Crippen LogP contribution in [0.2, 0.25) is 0 Å². The molecule has 0 aromatic heterocycles. The molecule has 0 aliphatic carbocycles. The van der Waals surface area contributed by atoms with E-state index in [4.69, 9.17) is 0 Å². The van der Waals surface area contributed by atoms with Crippen molar-refractivity contribution in [2.24, 2.45) is 5.92 Å². The van der Waals surface area contributed by atoms with E-state index in [1.165, 1.54) is 0 Å². The van der Waals surface area contributed by atoms with E-state index in [1.54, 1.807) is 4.90 Å². The SMILES string of the molecule is CC1CCN(C(=O)C#CBr)C1. The molecule has 0 aromatic rings. The van der Waals surface area contributed by atoms with Crippen LogP contribution in [0, 0.1) is 16.7 Å². The van der Waals surface area contributed by atoms with Gasteiger partial charge >= 0.3 is 0 Å². The topological polar surface area (TPSA) is 20.3 Å². The van der Waals surface area contributed by atoms with Crippen molar-refractivity contribution < 1.29 is 4.79 Å². The van der Waals surface area contributed by atoms with Crippen LogP contribution in [0.25, 0.3) is 0 Å². The van der Waals surface area contributed by atoms with Gasteiger partial charge in [-0.15, -0.1) is 0 Å².